The smallest absolute Gasteiger partial charge is 0.422 e. The second-order valence-electron chi connectivity index (χ2n) is 8.32. The second-order valence-corrected chi connectivity index (χ2v) is 8.32. The summed E-state index contributed by atoms with van der Waals surface area (Å²) in [6.45, 7) is -0.284. The molecule has 1 saturated heterocycles. The first kappa shape index (κ1) is 23.7. The fourth-order valence-corrected chi connectivity index (χ4v) is 4.37. The van der Waals surface area contributed by atoms with Gasteiger partial charge in [0.2, 0.25) is 5.91 Å². The quantitative estimate of drug-likeness (QED) is 0.557. The van der Waals surface area contributed by atoms with Gasteiger partial charge in [-0.3, -0.25) is 9.36 Å². The van der Waals surface area contributed by atoms with Gasteiger partial charge in [0.1, 0.15) is 0 Å². The number of ether oxygens (including phenoxy) is 2. The number of H-pyrrole nitrogens is 1. The number of aryl methyl sites for hydroxylation is 1. The van der Waals surface area contributed by atoms with Crippen molar-refractivity contribution in [1.82, 2.24) is 14.5 Å². The van der Waals surface area contributed by atoms with Gasteiger partial charge in [0, 0.05) is 25.6 Å². The van der Waals surface area contributed by atoms with E-state index in [0.29, 0.717) is 32.4 Å². The first-order chi connectivity index (χ1) is 16.2. The predicted octanol–water partition coefficient (Wildman–Crippen LogP) is 4.08. The van der Waals surface area contributed by atoms with Crippen molar-refractivity contribution >= 4 is 16.9 Å². The lowest BCUT2D eigenvalue weighted by molar-refractivity contribution is -0.153. The highest BCUT2D eigenvalue weighted by Crippen LogP contribution is 2.30. The molecule has 1 aromatic heterocycles. The highest BCUT2D eigenvalue weighted by molar-refractivity contribution is 5.77. The molecular weight excluding hydrogens is 451 g/mol. The fourth-order valence-electron chi connectivity index (χ4n) is 4.37. The van der Waals surface area contributed by atoms with Crippen LogP contribution in [-0.2, 0) is 11.2 Å². The summed E-state index contributed by atoms with van der Waals surface area (Å²) >= 11 is 0. The number of benzene rings is 2. The molecule has 1 N–H and O–H groups in total. The zero-order valence-electron chi connectivity index (χ0n) is 18.7. The molecule has 0 spiro atoms. The molecule has 182 valence electrons. The van der Waals surface area contributed by atoms with Crippen LogP contribution in [0.5, 0.6) is 11.5 Å². The van der Waals surface area contributed by atoms with Gasteiger partial charge >= 0.3 is 11.9 Å². The monoisotopic (exact) mass is 477 g/mol. The number of rotatable bonds is 7. The summed E-state index contributed by atoms with van der Waals surface area (Å²) in [5.74, 6) is 0.199. The van der Waals surface area contributed by atoms with Gasteiger partial charge in [-0.15, -0.1) is 0 Å². The number of hydrogen-bond donors (Lipinski definition) is 1. The Bertz CT molecular complexity index is 1210. The first-order valence-electron chi connectivity index (χ1n) is 11.1. The predicted molar refractivity (Wildman–Crippen MR) is 120 cm³/mol. The van der Waals surface area contributed by atoms with Crippen molar-refractivity contribution in [2.75, 3.05) is 26.8 Å². The second kappa shape index (κ2) is 9.82. The van der Waals surface area contributed by atoms with Crippen molar-refractivity contribution in [3.8, 4) is 11.5 Å². The number of alkyl halides is 3. The summed E-state index contributed by atoms with van der Waals surface area (Å²) in [7, 11) is 1.36. The van der Waals surface area contributed by atoms with E-state index in [2.05, 4.69) is 4.98 Å². The molecule has 1 aliphatic heterocycles. The van der Waals surface area contributed by atoms with E-state index >= 15 is 0 Å². The van der Waals surface area contributed by atoms with Crippen molar-refractivity contribution in [2.45, 2.75) is 37.9 Å². The summed E-state index contributed by atoms with van der Waals surface area (Å²) in [6.07, 6.45) is -2.37. The molecule has 3 aromatic rings. The molecule has 0 aliphatic carbocycles. The maximum Gasteiger partial charge on any atom is 0.422 e. The van der Waals surface area contributed by atoms with E-state index in [9.17, 15) is 22.8 Å². The number of fused-ring (bicyclic) bond motifs is 1. The number of piperidine rings is 1. The fraction of sp³-hybridized carbons (Fsp3) is 0.417. The minimum atomic E-state index is -4.44. The average Bonchev–Trinajstić information content (AvgIpc) is 3.16. The number of likely N-dealkylation sites (tertiary alicyclic amines) is 1. The minimum absolute atomic E-state index is 0.00101. The summed E-state index contributed by atoms with van der Waals surface area (Å²) < 4.78 is 48.9. The van der Waals surface area contributed by atoms with Gasteiger partial charge in [0.25, 0.3) is 0 Å². The number of nitrogens with one attached hydrogen (secondary N) is 1. The maximum absolute atomic E-state index is 12.7. The van der Waals surface area contributed by atoms with Gasteiger partial charge < -0.3 is 19.4 Å². The molecule has 1 aliphatic rings. The van der Waals surface area contributed by atoms with Crippen LogP contribution in [0.3, 0.4) is 0 Å². The Morgan fingerprint density at radius 1 is 1.12 bits per heavy atom. The van der Waals surface area contributed by atoms with E-state index in [1.807, 2.05) is 24.3 Å². The lowest BCUT2D eigenvalue weighted by Gasteiger charge is -2.32. The Morgan fingerprint density at radius 2 is 1.85 bits per heavy atom. The largest absolute Gasteiger partial charge is 0.493 e. The molecule has 4 rings (SSSR count). The Balaban J connectivity index is 1.32. The number of carbonyl (C=O) groups excluding carboxylic acids is 1. The number of imidazole rings is 1. The van der Waals surface area contributed by atoms with E-state index in [1.54, 1.807) is 21.6 Å². The Labute approximate surface area is 194 Å². The maximum atomic E-state index is 12.7. The number of nitrogens with zero attached hydrogens (tertiary/aromatic N) is 2. The van der Waals surface area contributed by atoms with Crippen LogP contribution < -0.4 is 15.2 Å². The standard InChI is InChI=1S/C24H26F3N3O4/c1-33-21-14-16(6-8-20(21)34-15-24(25,26)27)7-9-22(31)29-12-10-17(11-13-29)30-19-5-3-2-4-18(19)28-23(30)32/h2-6,8,14,17H,7,9-13,15H2,1H3,(H,28,32). The van der Waals surface area contributed by atoms with Crippen LogP contribution in [-0.4, -0.2) is 53.3 Å². The number of carbonyl (C=O) groups is 1. The number of hydrogen-bond acceptors (Lipinski definition) is 4. The molecule has 1 amide bonds. The molecule has 10 heteroatoms. The minimum Gasteiger partial charge on any atom is -0.493 e. The SMILES string of the molecule is COc1cc(CCC(=O)N2CCC(n3c(=O)[nH]c4ccccc43)CC2)ccc1OCC(F)(F)F. The number of aromatic nitrogens is 2. The van der Waals surface area contributed by atoms with Crippen molar-refractivity contribution in [3.63, 3.8) is 0 Å². The van der Waals surface area contributed by atoms with Crippen LogP contribution in [0.4, 0.5) is 13.2 Å². The third-order valence-corrected chi connectivity index (χ3v) is 6.05. The molecule has 2 aromatic carbocycles. The summed E-state index contributed by atoms with van der Waals surface area (Å²) in [5, 5.41) is 0. The number of para-hydroxylation sites is 2. The van der Waals surface area contributed by atoms with Gasteiger partial charge in [-0.1, -0.05) is 18.2 Å². The van der Waals surface area contributed by atoms with E-state index in [1.165, 1.54) is 13.2 Å². The van der Waals surface area contributed by atoms with Gasteiger partial charge in [-0.25, -0.2) is 4.79 Å². The molecule has 0 radical (unpaired) electrons. The van der Waals surface area contributed by atoms with Crippen LogP contribution in [0.15, 0.2) is 47.3 Å². The Hall–Kier alpha value is -3.43. The lowest BCUT2D eigenvalue weighted by atomic mass is 10.0. The first-order valence-corrected chi connectivity index (χ1v) is 11.1. The molecule has 2 heterocycles. The van der Waals surface area contributed by atoms with E-state index < -0.39 is 12.8 Å². The molecule has 7 nitrogen and oxygen atoms in total. The molecule has 1 fully saturated rings. The molecular formula is C24H26F3N3O4. The van der Waals surface area contributed by atoms with E-state index in [0.717, 1.165) is 16.6 Å². The molecule has 0 unspecified atom stereocenters. The van der Waals surface area contributed by atoms with Crippen molar-refractivity contribution in [2.24, 2.45) is 0 Å². The molecule has 34 heavy (non-hydrogen) atoms. The molecule has 0 bridgehead atoms. The summed E-state index contributed by atoms with van der Waals surface area (Å²) in [4.78, 5) is 29.9. The van der Waals surface area contributed by atoms with Crippen molar-refractivity contribution < 1.29 is 27.4 Å². The topological polar surface area (TPSA) is 76.6 Å². The molecule has 0 atom stereocenters. The summed E-state index contributed by atoms with van der Waals surface area (Å²) in [5.41, 5.74) is 2.30. The third-order valence-electron chi connectivity index (χ3n) is 6.05. The zero-order chi connectivity index (χ0) is 24.3. The van der Waals surface area contributed by atoms with Gasteiger partial charge in [0.05, 0.1) is 18.1 Å². The average molecular weight is 477 g/mol. The number of methoxy groups -OCH3 is 1. The van der Waals surface area contributed by atoms with Crippen LogP contribution in [0.1, 0.15) is 30.9 Å². The Morgan fingerprint density at radius 3 is 2.56 bits per heavy atom. The number of aromatic amines is 1. The van der Waals surface area contributed by atoms with Gasteiger partial charge in [-0.2, -0.15) is 13.2 Å². The van der Waals surface area contributed by atoms with Crippen LogP contribution in [0, 0.1) is 0 Å². The van der Waals surface area contributed by atoms with Crippen LogP contribution in [0.25, 0.3) is 11.0 Å². The summed E-state index contributed by atoms with van der Waals surface area (Å²) in [6, 6.07) is 12.2. The third kappa shape index (κ3) is 5.37. The Kier molecular flexibility index (Phi) is 6.85. The highest BCUT2D eigenvalue weighted by Gasteiger charge is 2.29. The highest BCUT2D eigenvalue weighted by atomic mass is 19.4. The van der Waals surface area contributed by atoms with Gasteiger partial charge in [-0.05, 0) is 49.1 Å². The normalized spacial score (nSPS) is 15.0. The lowest BCUT2D eigenvalue weighted by Crippen LogP contribution is -2.40. The van der Waals surface area contributed by atoms with E-state index in [-0.39, 0.29) is 35.6 Å². The number of halogens is 3. The molecule has 0 saturated carbocycles. The van der Waals surface area contributed by atoms with Crippen LogP contribution in [0.2, 0.25) is 0 Å². The van der Waals surface area contributed by atoms with Crippen molar-refractivity contribution in [1.29, 1.82) is 0 Å². The van der Waals surface area contributed by atoms with E-state index in [4.69, 9.17) is 9.47 Å². The van der Waals surface area contributed by atoms with Gasteiger partial charge in [0.15, 0.2) is 18.1 Å². The van der Waals surface area contributed by atoms with Crippen LogP contribution >= 0.6 is 0 Å². The number of amides is 1. The van der Waals surface area contributed by atoms with Crippen molar-refractivity contribution in [3.05, 3.63) is 58.5 Å². The zero-order valence-corrected chi connectivity index (χ0v) is 18.7.